The molecule has 10 heteroatoms. The summed E-state index contributed by atoms with van der Waals surface area (Å²) in [7, 11) is 0. The predicted octanol–water partition coefficient (Wildman–Crippen LogP) is 2.98. The topological polar surface area (TPSA) is 52.6 Å². The van der Waals surface area contributed by atoms with Crippen LogP contribution in [0, 0.1) is 0 Å². The zero-order chi connectivity index (χ0) is 20.4. The van der Waals surface area contributed by atoms with Crippen LogP contribution in [0.2, 0.25) is 0 Å². The number of hydrogen-bond acceptors (Lipinski definition) is 6. The van der Waals surface area contributed by atoms with Gasteiger partial charge in [-0.3, -0.25) is 9.69 Å². The fourth-order valence-corrected chi connectivity index (χ4v) is 4.51. The van der Waals surface area contributed by atoms with Gasteiger partial charge in [0.25, 0.3) is 5.91 Å². The van der Waals surface area contributed by atoms with Crippen molar-refractivity contribution in [2.45, 2.75) is 25.1 Å². The molecule has 0 aliphatic carbocycles. The van der Waals surface area contributed by atoms with E-state index in [1.165, 1.54) is 23.7 Å². The van der Waals surface area contributed by atoms with Gasteiger partial charge < -0.3 is 9.80 Å². The Hall–Kier alpha value is -2.20. The van der Waals surface area contributed by atoms with Gasteiger partial charge in [0.1, 0.15) is 0 Å². The van der Waals surface area contributed by atoms with E-state index in [1.54, 1.807) is 11.4 Å². The van der Waals surface area contributed by atoms with Crippen LogP contribution in [-0.4, -0.2) is 70.6 Å². The molecule has 2 fully saturated rings. The highest BCUT2D eigenvalue weighted by molar-refractivity contribution is 7.03. The van der Waals surface area contributed by atoms with Gasteiger partial charge in [0.2, 0.25) is 0 Å². The van der Waals surface area contributed by atoms with Gasteiger partial charge in [-0.2, -0.15) is 13.2 Å². The molecule has 1 atom stereocenters. The number of hydrogen-bond donors (Lipinski definition) is 0. The number of aromatic nitrogens is 2. The minimum atomic E-state index is -4.33. The van der Waals surface area contributed by atoms with Crippen LogP contribution in [0.25, 0.3) is 0 Å². The largest absolute Gasteiger partial charge is 0.416 e. The Morgan fingerprint density at radius 2 is 1.93 bits per heavy atom. The lowest BCUT2D eigenvalue weighted by atomic mass is 10.0. The minimum absolute atomic E-state index is 0.0777. The molecular formula is C19H22F3N5OS. The average Bonchev–Trinajstić information content (AvgIpc) is 3.28. The van der Waals surface area contributed by atoms with E-state index < -0.39 is 11.7 Å². The van der Waals surface area contributed by atoms with Crippen LogP contribution >= 0.6 is 11.5 Å². The van der Waals surface area contributed by atoms with Gasteiger partial charge in [0, 0.05) is 56.4 Å². The van der Waals surface area contributed by atoms with Gasteiger partial charge in [0.15, 0.2) is 5.69 Å². The first kappa shape index (κ1) is 20.1. The summed E-state index contributed by atoms with van der Waals surface area (Å²) >= 11 is 1.17. The smallest absolute Gasteiger partial charge is 0.369 e. The van der Waals surface area contributed by atoms with E-state index in [0.717, 1.165) is 38.5 Å². The molecule has 4 rings (SSSR count). The molecule has 156 valence electrons. The molecule has 29 heavy (non-hydrogen) atoms. The molecule has 0 spiro atoms. The number of alkyl halides is 3. The molecule has 1 unspecified atom stereocenters. The number of likely N-dealkylation sites (tertiary alicyclic amines) is 1. The van der Waals surface area contributed by atoms with Gasteiger partial charge in [-0.25, -0.2) is 0 Å². The summed E-state index contributed by atoms with van der Waals surface area (Å²) < 4.78 is 42.7. The molecular weight excluding hydrogens is 403 g/mol. The maximum Gasteiger partial charge on any atom is 0.416 e. The first-order valence-electron chi connectivity index (χ1n) is 9.64. The van der Waals surface area contributed by atoms with Crippen molar-refractivity contribution < 1.29 is 18.0 Å². The summed E-state index contributed by atoms with van der Waals surface area (Å²) in [6.07, 6.45) is -2.38. The summed E-state index contributed by atoms with van der Waals surface area (Å²) in [5, 5.41) is 5.54. The standard InChI is InChI=1S/C19H22F3N5OS/c20-19(21,22)14-3-1-4-15(11-14)25-7-9-26(10-8-25)16-5-2-6-27(12-16)18(28)17-13-29-24-23-17/h1,3-4,11,13,16H,2,5-10,12H2. The van der Waals surface area contributed by atoms with Crippen molar-refractivity contribution in [1.82, 2.24) is 19.4 Å². The van der Waals surface area contributed by atoms with Crippen LogP contribution in [0.3, 0.4) is 0 Å². The van der Waals surface area contributed by atoms with Gasteiger partial charge in [-0.1, -0.05) is 10.6 Å². The molecule has 2 aromatic rings. The Morgan fingerprint density at radius 1 is 1.14 bits per heavy atom. The third-order valence-electron chi connectivity index (χ3n) is 5.63. The Labute approximate surface area is 171 Å². The van der Waals surface area contributed by atoms with Crippen LogP contribution in [0.15, 0.2) is 29.6 Å². The minimum Gasteiger partial charge on any atom is -0.369 e. The van der Waals surface area contributed by atoms with Crippen molar-refractivity contribution in [2.75, 3.05) is 44.2 Å². The zero-order valence-corrected chi connectivity index (χ0v) is 16.6. The van der Waals surface area contributed by atoms with Gasteiger partial charge >= 0.3 is 6.18 Å². The summed E-state index contributed by atoms with van der Waals surface area (Å²) in [5.74, 6) is -0.0777. The second-order valence-corrected chi connectivity index (χ2v) is 8.02. The predicted molar refractivity (Wildman–Crippen MR) is 104 cm³/mol. The second kappa shape index (κ2) is 8.27. The number of rotatable bonds is 3. The summed E-state index contributed by atoms with van der Waals surface area (Å²) in [5.41, 5.74) is 0.386. The molecule has 6 nitrogen and oxygen atoms in total. The number of carbonyl (C=O) groups is 1. The molecule has 2 aliphatic rings. The number of halogens is 3. The highest BCUT2D eigenvalue weighted by Gasteiger charge is 2.33. The number of anilines is 1. The van der Waals surface area contributed by atoms with Gasteiger partial charge in [0.05, 0.1) is 5.56 Å². The Kier molecular flexibility index (Phi) is 5.73. The van der Waals surface area contributed by atoms with E-state index >= 15 is 0 Å². The van der Waals surface area contributed by atoms with Gasteiger partial charge in [-0.05, 0) is 42.6 Å². The first-order valence-corrected chi connectivity index (χ1v) is 10.5. The van der Waals surface area contributed by atoms with Crippen LogP contribution in [-0.2, 0) is 6.18 Å². The molecule has 0 saturated carbocycles. The molecule has 3 heterocycles. The number of amides is 1. The maximum atomic E-state index is 13.0. The molecule has 0 bridgehead atoms. The molecule has 1 aromatic heterocycles. The van der Waals surface area contributed by atoms with Crippen molar-refractivity contribution >= 4 is 23.1 Å². The first-order chi connectivity index (χ1) is 13.9. The maximum absolute atomic E-state index is 13.0. The van der Waals surface area contributed by atoms with E-state index in [1.807, 2.05) is 9.80 Å². The monoisotopic (exact) mass is 425 g/mol. The van der Waals surface area contributed by atoms with E-state index in [4.69, 9.17) is 0 Å². The number of nitrogens with zero attached hydrogens (tertiary/aromatic N) is 5. The van der Waals surface area contributed by atoms with E-state index in [0.29, 0.717) is 31.0 Å². The normalized spacial score (nSPS) is 21.4. The van der Waals surface area contributed by atoms with Gasteiger partial charge in [-0.15, -0.1) is 5.10 Å². The molecule has 2 saturated heterocycles. The number of piperazine rings is 1. The van der Waals surface area contributed by atoms with E-state index in [9.17, 15) is 18.0 Å². The summed E-state index contributed by atoms with van der Waals surface area (Å²) in [6.45, 7) is 4.24. The molecule has 0 radical (unpaired) electrons. The van der Waals surface area contributed by atoms with Crippen molar-refractivity contribution in [3.8, 4) is 0 Å². The highest BCUT2D eigenvalue weighted by Crippen LogP contribution is 2.32. The third-order valence-corrected chi connectivity index (χ3v) is 6.14. The van der Waals surface area contributed by atoms with Crippen molar-refractivity contribution in [3.05, 3.63) is 40.9 Å². The van der Waals surface area contributed by atoms with Crippen molar-refractivity contribution in [1.29, 1.82) is 0 Å². The Bertz CT molecular complexity index is 837. The molecule has 1 aromatic carbocycles. The average molecular weight is 425 g/mol. The number of piperidine rings is 1. The fourth-order valence-electron chi connectivity index (χ4n) is 4.08. The SMILES string of the molecule is O=C(c1csnn1)N1CCCC(N2CCN(c3cccc(C(F)(F)F)c3)CC2)C1. The zero-order valence-electron chi connectivity index (χ0n) is 15.8. The lowest BCUT2D eigenvalue weighted by molar-refractivity contribution is -0.137. The quantitative estimate of drug-likeness (QED) is 0.757. The van der Waals surface area contributed by atoms with Crippen LogP contribution in [0.1, 0.15) is 28.9 Å². The molecule has 1 amide bonds. The number of carbonyl (C=O) groups excluding carboxylic acids is 1. The molecule has 2 aliphatic heterocycles. The summed E-state index contributed by atoms with van der Waals surface area (Å²) in [6, 6.07) is 5.78. The van der Waals surface area contributed by atoms with Crippen LogP contribution < -0.4 is 4.90 Å². The summed E-state index contributed by atoms with van der Waals surface area (Å²) in [4.78, 5) is 18.7. The Morgan fingerprint density at radius 3 is 2.62 bits per heavy atom. The highest BCUT2D eigenvalue weighted by atomic mass is 32.1. The van der Waals surface area contributed by atoms with Crippen LogP contribution in [0.5, 0.6) is 0 Å². The Balaban J connectivity index is 1.35. The number of benzene rings is 1. The van der Waals surface area contributed by atoms with Crippen molar-refractivity contribution in [3.63, 3.8) is 0 Å². The lowest BCUT2D eigenvalue weighted by Gasteiger charge is -2.43. The van der Waals surface area contributed by atoms with Crippen molar-refractivity contribution in [2.24, 2.45) is 0 Å². The second-order valence-electron chi connectivity index (χ2n) is 7.41. The van der Waals surface area contributed by atoms with E-state index in [-0.39, 0.29) is 11.9 Å². The molecule has 0 N–H and O–H groups in total. The third kappa shape index (κ3) is 4.53. The fraction of sp³-hybridized carbons (Fsp3) is 0.526. The lowest BCUT2D eigenvalue weighted by Crippen LogP contribution is -2.56. The van der Waals surface area contributed by atoms with Crippen LogP contribution in [0.4, 0.5) is 18.9 Å². The van der Waals surface area contributed by atoms with E-state index in [2.05, 4.69) is 14.5 Å².